The number of benzene rings is 2. The Bertz CT molecular complexity index is 1090. The second-order valence-electron chi connectivity index (χ2n) is 6.57. The highest BCUT2D eigenvalue weighted by Crippen LogP contribution is 2.33. The van der Waals surface area contributed by atoms with Crippen molar-refractivity contribution in [2.24, 2.45) is 0 Å². The third kappa shape index (κ3) is 4.30. The van der Waals surface area contributed by atoms with E-state index in [4.69, 9.17) is 10.5 Å². The molecular formula is C23H22N6O. The lowest BCUT2D eigenvalue weighted by Crippen LogP contribution is -2.21. The van der Waals surface area contributed by atoms with Gasteiger partial charge < -0.3 is 20.7 Å². The molecule has 4 rings (SSSR count). The number of hydrogen-bond acceptors (Lipinski definition) is 7. The van der Waals surface area contributed by atoms with Crippen LogP contribution in [0.4, 0.5) is 28.8 Å². The molecule has 150 valence electrons. The van der Waals surface area contributed by atoms with Crippen LogP contribution < -0.4 is 20.7 Å². The smallest absolute Gasteiger partial charge is 0.163 e. The number of rotatable bonds is 7. The molecule has 30 heavy (non-hydrogen) atoms. The Morgan fingerprint density at radius 2 is 1.67 bits per heavy atom. The summed E-state index contributed by atoms with van der Waals surface area (Å²) in [6.07, 6.45) is 3.25. The molecule has 0 fully saturated rings. The molecule has 0 aliphatic rings. The van der Waals surface area contributed by atoms with E-state index in [1.54, 1.807) is 13.3 Å². The number of pyridine rings is 1. The lowest BCUT2D eigenvalue weighted by atomic mass is 10.2. The molecule has 0 spiro atoms. The molecule has 2 aromatic carbocycles. The van der Waals surface area contributed by atoms with Crippen molar-refractivity contribution in [3.63, 3.8) is 0 Å². The van der Waals surface area contributed by atoms with Crippen LogP contribution in [-0.2, 0) is 6.54 Å². The van der Waals surface area contributed by atoms with Gasteiger partial charge in [-0.15, -0.1) is 0 Å². The van der Waals surface area contributed by atoms with Crippen molar-refractivity contribution < 1.29 is 4.74 Å². The van der Waals surface area contributed by atoms with Gasteiger partial charge in [0.05, 0.1) is 13.7 Å². The number of nitrogens with two attached hydrogens (primary N) is 1. The van der Waals surface area contributed by atoms with Gasteiger partial charge in [0.15, 0.2) is 11.6 Å². The first-order chi connectivity index (χ1) is 14.7. The van der Waals surface area contributed by atoms with E-state index >= 15 is 0 Å². The molecule has 0 aliphatic heterocycles. The predicted octanol–water partition coefficient (Wildman–Crippen LogP) is 4.54. The zero-order chi connectivity index (χ0) is 20.8. The van der Waals surface area contributed by atoms with Crippen LogP contribution in [-0.4, -0.2) is 22.1 Å². The van der Waals surface area contributed by atoms with Gasteiger partial charge in [-0.2, -0.15) is 0 Å². The van der Waals surface area contributed by atoms with Gasteiger partial charge in [-0.05, 0) is 42.0 Å². The van der Waals surface area contributed by atoms with E-state index < -0.39 is 0 Å². The fraction of sp³-hybridized carbons (Fsp3) is 0.0870. The van der Waals surface area contributed by atoms with Gasteiger partial charge in [-0.3, -0.25) is 0 Å². The summed E-state index contributed by atoms with van der Waals surface area (Å²) in [5.41, 5.74) is 8.90. The van der Waals surface area contributed by atoms with Crippen molar-refractivity contribution in [3.05, 3.63) is 90.9 Å². The first-order valence-electron chi connectivity index (χ1n) is 9.48. The molecule has 7 heteroatoms. The SMILES string of the molecule is COc1ccc(Nc2ncnc(N(Cc3ccccc3)c3ccccn3)c2N)cc1. The van der Waals surface area contributed by atoms with E-state index in [0.717, 1.165) is 22.8 Å². The molecule has 0 saturated heterocycles. The van der Waals surface area contributed by atoms with Gasteiger partial charge >= 0.3 is 0 Å². The summed E-state index contributed by atoms with van der Waals surface area (Å²) in [6, 6.07) is 23.4. The molecular weight excluding hydrogens is 376 g/mol. The number of hydrogen-bond donors (Lipinski definition) is 2. The number of anilines is 5. The molecule has 0 unspecified atom stereocenters. The maximum Gasteiger partial charge on any atom is 0.163 e. The van der Waals surface area contributed by atoms with Crippen molar-refractivity contribution in [1.29, 1.82) is 0 Å². The van der Waals surface area contributed by atoms with E-state index in [0.29, 0.717) is 23.9 Å². The maximum atomic E-state index is 6.50. The Hall–Kier alpha value is -4.13. The molecule has 0 aliphatic carbocycles. The number of methoxy groups -OCH3 is 1. The fourth-order valence-electron chi connectivity index (χ4n) is 3.06. The van der Waals surface area contributed by atoms with E-state index in [1.807, 2.05) is 65.6 Å². The number of nitrogen functional groups attached to an aromatic ring is 1. The summed E-state index contributed by atoms with van der Waals surface area (Å²) < 4.78 is 5.21. The van der Waals surface area contributed by atoms with E-state index in [2.05, 4.69) is 32.4 Å². The molecule has 0 bridgehead atoms. The van der Waals surface area contributed by atoms with Gasteiger partial charge in [0.2, 0.25) is 0 Å². The predicted molar refractivity (Wildman–Crippen MR) is 119 cm³/mol. The van der Waals surface area contributed by atoms with Gasteiger partial charge in [-0.25, -0.2) is 15.0 Å². The first kappa shape index (κ1) is 19.2. The topological polar surface area (TPSA) is 89.2 Å². The number of nitrogens with zero attached hydrogens (tertiary/aromatic N) is 4. The number of ether oxygens (including phenoxy) is 1. The molecule has 0 amide bonds. The molecule has 0 radical (unpaired) electrons. The second-order valence-corrected chi connectivity index (χ2v) is 6.57. The largest absolute Gasteiger partial charge is 0.497 e. The molecule has 2 aromatic heterocycles. The summed E-state index contributed by atoms with van der Waals surface area (Å²) in [7, 11) is 1.63. The molecule has 2 heterocycles. The molecule has 0 atom stereocenters. The minimum Gasteiger partial charge on any atom is -0.497 e. The van der Waals surface area contributed by atoms with Crippen molar-refractivity contribution in [2.45, 2.75) is 6.54 Å². The van der Waals surface area contributed by atoms with Crippen molar-refractivity contribution in [3.8, 4) is 5.75 Å². The summed E-state index contributed by atoms with van der Waals surface area (Å²) in [4.78, 5) is 15.3. The fourth-order valence-corrected chi connectivity index (χ4v) is 3.06. The monoisotopic (exact) mass is 398 g/mol. The highest BCUT2D eigenvalue weighted by Gasteiger charge is 2.18. The van der Waals surface area contributed by atoms with Crippen LogP contribution in [0.15, 0.2) is 85.3 Å². The van der Waals surface area contributed by atoms with Crippen molar-refractivity contribution in [2.75, 3.05) is 23.1 Å². The van der Waals surface area contributed by atoms with Crippen molar-refractivity contribution >= 4 is 28.8 Å². The minimum absolute atomic E-state index is 0.440. The average molecular weight is 398 g/mol. The zero-order valence-electron chi connectivity index (χ0n) is 16.6. The normalized spacial score (nSPS) is 10.4. The third-order valence-corrected chi connectivity index (χ3v) is 4.58. The second kappa shape index (κ2) is 8.91. The van der Waals surface area contributed by atoms with Gasteiger partial charge in [0, 0.05) is 11.9 Å². The van der Waals surface area contributed by atoms with E-state index in [1.165, 1.54) is 6.33 Å². The van der Waals surface area contributed by atoms with Crippen LogP contribution in [0.25, 0.3) is 0 Å². The lowest BCUT2D eigenvalue weighted by molar-refractivity contribution is 0.415. The van der Waals surface area contributed by atoms with Crippen LogP contribution >= 0.6 is 0 Å². The van der Waals surface area contributed by atoms with Crippen LogP contribution in [0.5, 0.6) is 5.75 Å². The van der Waals surface area contributed by atoms with Crippen LogP contribution in [0.1, 0.15) is 5.56 Å². The number of nitrogens with one attached hydrogen (secondary N) is 1. The summed E-state index contributed by atoms with van der Waals surface area (Å²) >= 11 is 0. The molecule has 4 aromatic rings. The van der Waals surface area contributed by atoms with Crippen LogP contribution in [0, 0.1) is 0 Å². The Morgan fingerprint density at radius 1 is 0.900 bits per heavy atom. The van der Waals surface area contributed by atoms with Crippen molar-refractivity contribution in [1.82, 2.24) is 15.0 Å². The standard InChI is InChI=1S/C23H22N6O/c1-30-19-12-10-18(11-13-19)28-22-21(24)23(27-16-26-22)29(20-9-5-6-14-25-20)15-17-7-3-2-4-8-17/h2-14,16H,15,24H2,1H3,(H,26,27,28). The van der Waals surface area contributed by atoms with E-state index in [-0.39, 0.29) is 0 Å². The molecule has 3 N–H and O–H groups in total. The third-order valence-electron chi connectivity index (χ3n) is 4.58. The lowest BCUT2D eigenvalue weighted by Gasteiger charge is -2.25. The Morgan fingerprint density at radius 3 is 2.37 bits per heavy atom. The van der Waals surface area contributed by atoms with E-state index in [9.17, 15) is 0 Å². The highest BCUT2D eigenvalue weighted by molar-refractivity contribution is 5.80. The van der Waals surface area contributed by atoms with Gasteiger partial charge in [-0.1, -0.05) is 36.4 Å². The highest BCUT2D eigenvalue weighted by atomic mass is 16.5. The average Bonchev–Trinajstić information content (AvgIpc) is 2.81. The number of aromatic nitrogens is 3. The van der Waals surface area contributed by atoms with Crippen LogP contribution in [0.2, 0.25) is 0 Å². The first-order valence-corrected chi connectivity index (χ1v) is 9.48. The van der Waals surface area contributed by atoms with Gasteiger partial charge in [0.1, 0.15) is 23.6 Å². The minimum atomic E-state index is 0.440. The molecule has 0 saturated carbocycles. The Kier molecular flexibility index (Phi) is 5.70. The Balaban J connectivity index is 1.69. The summed E-state index contributed by atoms with van der Waals surface area (Å²) in [5, 5.41) is 3.26. The summed E-state index contributed by atoms with van der Waals surface area (Å²) in [6.45, 7) is 0.570. The van der Waals surface area contributed by atoms with Gasteiger partial charge in [0.25, 0.3) is 0 Å². The Labute approximate surface area is 175 Å². The summed E-state index contributed by atoms with van der Waals surface area (Å²) in [5.74, 6) is 2.64. The molecule has 7 nitrogen and oxygen atoms in total. The quantitative estimate of drug-likeness (QED) is 0.472. The van der Waals surface area contributed by atoms with Crippen LogP contribution in [0.3, 0.4) is 0 Å². The zero-order valence-corrected chi connectivity index (χ0v) is 16.6. The maximum absolute atomic E-state index is 6.50.